The van der Waals surface area contributed by atoms with Gasteiger partial charge in [-0.3, -0.25) is 4.68 Å². The number of hydrogen-bond donors (Lipinski definition) is 2. The molecule has 1 aromatic rings. The highest BCUT2D eigenvalue weighted by Gasteiger charge is 2.42. The number of hydrogen-bond acceptors (Lipinski definition) is 4. The molecule has 0 amide bonds. The Labute approximate surface area is 114 Å². The number of rotatable bonds is 3. The lowest BCUT2D eigenvalue weighted by molar-refractivity contribution is 0.125. The van der Waals surface area contributed by atoms with Crippen LogP contribution in [0.15, 0.2) is 0 Å². The van der Waals surface area contributed by atoms with E-state index in [0.717, 1.165) is 55.7 Å². The zero-order valence-electron chi connectivity index (χ0n) is 11.8. The molecule has 2 aliphatic heterocycles. The topological polar surface area (TPSA) is 67.3 Å². The third kappa shape index (κ3) is 2.00. The maximum absolute atomic E-state index is 9.90. The second-order valence-corrected chi connectivity index (χ2v) is 5.98. The van der Waals surface area contributed by atoms with Gasteiger partial charge in [-0.15, -0.1) is 0 Å². The Morgan fingerprint density at radius 1 is 1.32 bits per heavy atom. The molecule has 2 saturated heterocycles. The van der Waals surface area contributed by atoms with Gasteiger partial charge in [0.05, 0.1) is 17.5 Å². The van der Waals surface area contributed by atoms with E-state index in [1.54, 1.807) is 0 Å². The van der Waals surface area contributed by atoms with Crippen LogP contribution in [0.5, 0.6) is 0 Å². The lowest BCUT2D eigenvalue weighted by Gasteiger charge is -2.38. The largest absolute Gasteiger partial charge is 0.394 e. The van der Waals surface area contributed by atoms with E-state index in [1.165, 1.54) is 0 Å². The number of aryl methyl sites for hydroxylation is 2. The predicted octanol–water partition coefficient (Wildman–Crippen LogP) is 1.45. The van der Waals surface area contributed by atoms with Crippen LogP contribution in [-0.2, 0) is 13.5 Å². The summed E-state index contributed by atoms with van der Waals surface area (Å²) in [5.74, 6) is 1.07. The van der Waals surface area contributed by atoms with Crippen molar-refractivity contribution in [2.45, 2.75) is 63.6 Å². The van der Waals surface area contributed by atoms with Gasteiger partial charge in [0.15, 0.2) is 5.82 Å². The summed E-state index contributed by atoms with van der Waals surface area (Å²) in [6.07, 6.45) is 5.91. The normalized spacial score (nSPS) is 30.1. The van der Waals surface area contributed by atoms with Crippen molar-refractivity contribution < 1.29 is 5.11 Å². The van der Waals surface area contributed by atoms with Crippen LogP contribution in [-0.4, -0.2) is 33.1 Å². The van der Waals surface area contributed by atoms with Crippen LogP contribution in [0.3, 0.4) is 0 Å². The summed E-state index contributed by atoms with van der Waals surface area (Å²) >= 11 is 0. The first kappa shape index (κ1) is 12.8. The van der Waals surface area contributed by atoms with Gasteiger partial charge >= 0.3 is 0 Å². The highest BCUT2D eigenvalue weighted by atomic mass is 16.3. The van der Waals surface area contributed by atoms with Crippen molar-refractivity contribution in [2.75, 3.05) is 10.6 Å². The monoisotopic (exact) mass is 264 g/mol. The van der Waals surface area contributed by atoms with Crippen molar-refractivity contribution in [2.24, 2.45) is 7.05 Å². The highest BCUT2D eigenvalue weighted by molar-refractivity contribution is 5.68. The molecule has 1 aromatic heterocycles. The summed E-state index contributed by atoms with van der Waals surface area (Å²) < 4.78 is 1.93. The molecule has 0 aromatic carbocycles. The predicted molar refractivity (Wildman–Crippen MR) is 76.1 cm³/mol. The first-order chi connectivity index (χ1) is 9.11. The van der Waals surface area contributed by atoms with Crippen LogP contribution in [0, 0.1) is 0 Å². The fourth-order valence-corrected chi connectivity index (χ4v) is 3.81. The van der Waals surface area contributed by atoms with Crippen molar-refractivity contribution in [1.29, 1.82) is 0 Å². The SMILES string of the molecule is CCCc1nn(C)c(N2C3CCC2CC(O)C3)c1N. The Hall–Kier alpha value is -1.23. The Morgan fingerprint density at radius 3 is 2.53 bits per heavy atom. The van der Waals surface area contributed by atoms with Crippen molar-refractivity contribution in [3.63, 3.8) is 0 Å². The number of aromatic nitrogens is 2. The molecular weight excluding hydrogens is 240 g/mol. The van der Waals surface area contributed by atoms with Gasteiger partial charge in [0, 0.05) is 19.1 Å². The molecule has 5 nitrogen and oxygen atoms in total. The Kier molecular flexibility index (Phi) is 3.17. The van der Waals surface area contributed by atoms with Crippen LogP contribution in [0.4, 0.5) is 11.5 Å². The van der Waals surface area contributed by atoms with E-state index in [2.05, 4.69) is 16.9 Å². The molecule has 5 heteroatoms. The molecule has 0 saturated carbocycles. The molecule has 2 aliphatic rings. The number of nitrogens with zero attached hydrogens (tertiary/aromatic N) is 3. The molecule has 2 atom stereocenters. The van der Waals surface area contributed by atoms with Crippen LogP contribution in [0.2, 0.25) is 0 Å². The lowest BCUT2D eigenvalue weighted by Crippen LogP contribution is -2.45. The third-order valence-corrected chi connectivity index (χ3v) is 4.57. The number of aliphatic hydroxyl groups is 1. The maximum Gasteiger partial charge on any atom is 0.150 e. The maximum atomic E-state index is 9.90. The van der Waals surface area contributed by atoms with E-state index in [0.29, 0.717) is 12.1 Å². The number of anilines is 2. The second kappa shape index (κ2) is 4.71. The van der Waals surface area contributed by atoms with E-state index < -0.39 is 0 Å². The molecule has 3 heterocycles. The van der Waals surface area contributed by atoms with Crippen molar-refractivity contribution in [1.82, 2.24) is 9.78 Å². The molecule has 3 rings (SSSR count). The smallest absolute Gasteiger partial charge is 0.150 e. The van der Waals surface area contributed by atoms with Crippen LogP contribution < -0.4 is 10.6 Å². The second-order valence-electron chi connectivity index (χ2n) is 5.98. The van der Waals surface area contributed by atoms with E-state index >= 15 is 0 Å². The van der Waals surface area contributed by atoms with E-state index in [-0.39, 0.29) is 6.10 Å². The number of nitrogens with two attached hydrogens (primary N) is 1. The first-order valence-electron chi connectivity index (χ1n) is 7.39. The summed E-state index contributed by atoms with van der Waals surface area (Å²) in [5, 5.41) is 14.5. The summed E-state index contributed by atoms with van der Waals surface area (Å²) in [4.78, 5) is 2.42. The minimum Gasteiger partial charge on any atom is -0.394 e. The molecule has 2 fully saturated rings. The van der Waals surface area contributed by atoms with Gasteiger partial charge in [-0.1, -0.05) is 13.3 Å². The van der Waals surface area contributed by atoms with Crippen molar-refractivity contribution in [3.05, 3.63) is 5.69 Å². The molecule has 0 spiro atoms. The summed E-state index contributed by atoms with van der Waals surface area (Å²) in [6.45, 7) is 2.15. The Bertz CT molecular complexity index is 456. The first-order valence-corrected chi connectivity index (χ1v) is 7.39. The fraction of sp³-hybridized carbons (Fsp3) is 0.786. The summed E-state index contributed by atoms with van der Waals surface area (Å²) in [6, 6.07) is 0.863. The van der Waals surface area contributed by atoms with Gasteiger partial charge < -0.3 is 15.7 Å². The van der Waals surface area contributed by atoms with Crippen LogP contribution in [0.1, 0.15) is 44.7 Å². The van der Waals surface area contributed by atoms with E-state index in [4.69, 9.17) is 5.73 Å². The fourth-order valence-electron chi connectivity index (χ4n) is 3.81. The van der Waals surface area contributed by atoms with Crippen LogP contribution in [0.25, 0.3) is 0 Å². The standard InChI is InChI=1S/C14H24N4O/c1-3-4-12-13(15)14(17(2)16-12)18-9-5-6-10(18)8-11(19)7-9/h9-11,19H,3-8,15H2,1-2H3. The van der Waals surface area contributed by atoms with Gasteiger partial charge in [-0.05, 0) is 32.1 Å². The minimum absolute atomic E-state index is 0.140. The van der Waals surface area contributed by atoms with Gasteiger partial charge in [0.2, 0.25) is 0 Å². The van der Waals surface area contributed by atoms with E-state index in [1.807, 2.05) is 11.7 Å². The zero-order valence-corrected chi connectivity index (χ0v) is 11.8. The number of nitrogen functional groups attached to an aromatic ring is 1. The Morgan fingerprint density at radius 2 is 1.95 bits per heavy atom. The number of piperidine rings is 1. The summed E-state index contributed by atoms with van der Waals surface area (Å²) in [7, 11) is 1.98. The molecule has 2 unspecified atom stereocenters. The van der Waals surface area contributed by atoms with Gasteiger partial charge in [0.1, 0.15) is 0 Å². The molecular formula is C14H24N4O. The average Bonchev–Trinajstić information content (AvgIpc) is 2.76. The van der Waals surface area contributed by atoms with E-state index in [9.17, 15) is 5.11 Å². The highest BCUT2D eigenvalue weighted by Crippen LogP contribution is 2.42. The van der Waals surface area contributed by atoms with Gasteiger partial charge in [0.25, 0.3) is 0 Å². The molecule has 0 aliphatic carbocycles. The molecule has 2 bridgehead atoms. The van der Waals surface area contributed by atoms with Crippen molar-refractivity contribution >= 4 is 11.5 Å². The van der Waals surface area contributed by atoms with Crippen LogP contribution >= 0.6 is 0 Å². The van der Waals surface area contributed by atoms with Gasteiger partial charge in [-0.25, -0.2) is 0 Å². The molecule has 106 valence electrons. The Balaban J connectivity index is 1.94. The quantitative estimate of drug-likeness (QED) is 0.867. The molecule has 19 heavy (non-hydrogen) atoms. The van der Waals surface area contributed by atoms with Gasteiger partial charge in [-0.2, -0.15) is 5.10 Å². The lowest BCUT2D eigenvalue weighted by atomic mass is 9.99. The zero-order chi connectivity index (χ0) is 13.6. The molecule has 3 N–H and O–H groups in total. The number of aliphatic hydroxyl groups excluding tert-OH is 1. The minimum atomic E-state index is -0.140. The van der Waals surface area contributed by atoms with Crippen molar-refractivity contribution in [3.8, 4) is 0 Å². The third-order valence-electron chi connectivity index (χ3n) is 4.57. The molecule has 0 radical (unpaired) electrons. The number of fused-ring (bicyclic) bond motifs is 2. The average molecular weight is 264 g/mol. The summed E-state index contributed by atoms with van der Waals surface area (Å²) in [5.41, 5.74) is 8.18.